The Morgan fingerprint density at radius 3 is 2.73 bits per heavy atom. The number of H-pyrrole nitrogens is 1. The zero-order valence-corrected chi connectivity index (χ0v) is 20.0. The summed E-state index contributed by atoms with van der Waals surface area (Å²) >= 11 is 6.68. The molecule has 0 spiro atoms. The molecule has 1 aliphatic rings. The van der Waals surface area contributed by atoms with E-state index < -0.39 is 21.5 Å². The van der Waals surface area contributed by atoms with Crippen LogP contribution >= 0.6 is 11.6 Å². The van der Waals surface area contributed by atoms with Crippen LogP contribution in [0.5, 0.6) is 0 Å². The van der Waals surface area contributed by atoms with Crippen molar-refractivity contribution in [2.45, 2.75) is 38.7 Å². The van der Waals surface area contributed by atoms with Crippen LogP contribution in [0.25, 0.3) is 22.0 Å². The van der Waals surface area contributed by atoms with E-state index in [2.05, 4.69) is 16.3 Å². The van der Waals surface area contributed by atoms with E-state index in [0.29, 0.717) is 40.2 Å². The third-order valence-corrected chi connectivity index (χ3v) is 7.57. The van der Waals surface area contributed by atoms with Gasteiger partial charge in [-0.3, -0.25) is 9.52 Å². The van der Waals surface area contributed by atoms with Gasteiger partial charge in [-0.15, -0.1) is 0 Å². The SMILES string of the molecule is C=CS(=O)(=O)Nc1cccc(-c2c(Cl)cc(C(N)=O)c3[nH]c4c(c23)CCC(C(C)(C)O)C4)c1. The fourth-order valence-electron chi connectivity index (χ4n) is 4.60. The van der Waals surface area contributed by atoms with Crippen LogP contribution < -0.4 is 10.5 Å². The lowest BCUT2D eigenvalue weighted by atomic mass is 9.77. The Balaban J connectivity index is 1.95. The lowest BCUT2D eigenvalue weighted by Crippen LogP contribution is -2.34. The third-order valence-electron chi connectivity index (χ3n) is 6.31. The van der Waals surface area contributed by atoms with E-state index in [1.165, 1.54) is 6.07 Å². The number of aliphatic hydroxyl groups is 1. The highest BCUT2D eigenvalue weighted by Gasteiger charge is 2.33. The van der Waals surface area contributed by atoms with E-state index in [9.17, 15) is 18.3 Å². The summed E-state index contributed by atoms with van der Waals surface area (Å²) < 4.78 is 26.3. The Kier molecular flexibility index (Phi) is 5.80. The number of carbonyl (C=O) groups is 1. The second kappa shape index (κ2) is 8.20. The number of primary amides is 1. The molecule has 174 valence electrons. The Morgan fingerprint density at radius 1 is 1.36 bits per heavy atom. The number of fused-ring (bicyclic) bond motifs is 3. The molecule has 1 unspecified atom stereocenters. The number of benzene rings is 2. The number of halogens is 1. The summed E-state index contributed by atoms with van der Waals surface area (Å²) in [5.74, 6) is -0.538. The van der Waals surface area contributed by atoms with Gasteiger partial charge in [-0.2, -0.15) is 0 Å². The summed E-state index contributed by atoms with van der Waals surface area (Å²) in [5, 5.41) is 12.5. The fourth-order valence-corrected chi connectivity index (χ4v) is 5.45. The summed E-state index contributed by atoms with van der Waals surface area (Å²) in [6.45, 7) is 6.93. The molecule has 0 bridgehead atoms. The topological polar surface area (TPSA) is 125 Å². The average molecular weight is 488 g/mol. The van der Waals surface area contributed by atoms with Gasteiger partial charge in [-0.25, -0.2) is 8.42 Å². The van der Waals surface area contributed by atoms with Gasteiger partial charge < -0.3 is 15.8 Å². The van der Waals surface area contributed by atoms with E-state index in [1.54, 1.807) is 32.0 Å². The molecule has 33 heavy (non-hydrogen) atoms. The molecule has 1 heterocycles. The van der Waals surface area contributed by atoms with Crippen LogP contribution in [0, 0.1) is 5.92 Å². The van der Waals surface area contributed by atoms with Crippen LogP contribution in [0.1, 0.15) is 41.9 Å². The average Bonchev–Trinajstić information content (AvgIpc) is 3.10. The Hall–Kier alpha value is -2.81. The monoisotopic (exact) mass is 487 g/mol. The first-order valence-electron chi connectivity index (χ1n) is 10.5. The van der Waals surface area contributed by atoms with E-state index in [4.69, 9.17) is 17.3 Å². The maximum absolute atomic E-state index is 12.2. The molecule has 3 aromatic rings. The summed E-state index contributed by atoms with van der Waals surface area (Å²) in [4.78, 5) is 15.6. The number of rotatable bonds is 6. The number of hydrogen-bond acceptors (Lipinski definition) is 4. The number of hydrogen-bond donors (Lipinski definition) is 4. The maximum Gasteiger partial charge on any atom is 0.254 e. The van der Waals surface area contributed by atoms with Gasteiger partial charge in [-0.1, -0.05) is 30.3 Å². The zero-order chi connectivity index (χ0) is 24.1. The van der Waals surface area contributed by atoms with Crippen molar-refractivity contribution in [1.82, 2.24) is 4.98 Å². The van der Waals surface area contributed by atoms with Crippen molar-refractivity contribution < 1.29 is 18.3 Å². The highest BCUT2D eigenvalue weighted by molar-refractivity contribution is 7.95. The van der Waals surface area contributed by atoms with Gasteiger partial charge in [-0.05, 0) is 68.4 Å². The largest absolute Gasteiger partial charge is 0.390 e. The fraction of sp³-hybridized carbons (Fsp3) is 0.292. The summed E-state index contributed by atoms with van der Waals surface area (Å²) in [6.07, 6.45) is 2.10. The molecule has 1 amide bonds. The van der Waals surface area contributed by atoms with Gasteiger partial charge in [0, 0.05) is 32.8 Å². The number of carbonyl (C=O) groups excluding carboxylic acids is 1. The van der Waals surface area contributed by atoms with Crippen LogP contribution in [0.4, 0.5) is 5.69 Å². The second-order valence-electron chi connectivity index (χ2n) is 8.97. The van der Waals surface area contributed by atoms with Crippen LogP contribution in [-0.4, -0.2) is 30.0 Å². The number of nitrogens with one attached hydrogen (secondary N) is 2. The highest BCUT2D eigenvalue weighted by atomic mass is 35.5. The first-order valence-corrected chi connectivity index (χ1v) is 12.5. The minimum absolute atomic E-state index is 0.0608. The molecule has 0 fully saturated rings. The van der Waals surface area contributed by atoms with E-state index in [1.807, 2.05) is 6.07 Å². The van der Waals surface area contributed by atoms with Gasteiger partial charge in [0.15, 0.2) is 0 Å². The minimum atomic E-state index is -3.68. The molecule has 1 aliphatic carbocycles. The number of amides is 1. The standard InChI is InChI=1S/C24H26ClN3O4S/c1-4-33(31,32)28-15-7-5-6-13(10-15)20-18(25)12-17(23(26)29)22-21(20)16-9-8-14(24(2,3)30)11-19(16)27-22/h4-7,10,12,14,27-28,30H,1,8-9,11H2,2-3H3,(H2,26,29). The molecule has 9 heteroatoms. The molecule has 1 atom stereocenters. The second-order valence-corrected chi connectivity index (χ2v) is 11.0. The number of aromatic amines is 1. The molecule has 0 radical (unpaired) electrons. The molecule has 2 aromatic carbocycles. The van der Waals surface area contributed by atoms with Gasteiger partial charge in [0.25, 0.3) is 15.9 Å². The quantitative estimate of drug-likeness (QED) is 0.412. The minimum Gasteiger partial charge on any atom is -0.390 e. The lowest BCUT2D eigenvalue weighted by molar-refractivity contribution is 0.0107. The summed E-state index contributed by atoms with van der Waals surface area (Å²) in [6, 6.07) is 8.42. The number of nitrogens with two attached hydrogens (primary N) is 1. The Labute approximate surface area is 197 Å². The molecule has 0 aliphatic heterocycles. The van der Waals surface area contributed by atoms with Crippen molar-refractivity contribution in [1.29, 1.82) is 0 Å². The van der Waals surface area contributed by atoms with Gasteiger partial charge >= 0.3 is 0 Å². The molecule has 1 aromatic heterocycles. The van der Waals surface area contributed by atoms with Crippen LogP contribution in [-0.2, 0) is 22.9 Å². The van der Waals surface area contributed by atoms with Gasteiger partial charge in [0.2, 0.25) is 0 Å². The molecule has 5 N–H and O–H groups in total. The normalized spacial score (nSPS) is 16.4. The van der Waals surface area contributed by atoms with Crippen LogP contribution in [0.15, 0.2) is 42.3 Å². The van der Waals surface area contributed by atoms with Crippen molar-refractivity contribution in [3.8, 4) is 11.1 Å². The molecular weight excluding hydrogens is 462 g/mol. The Morgan fingerprint density at radius 2 is 2.09 bits per heavy atom. The van der Waals surface area contributed by atoms with Crippen molar-refractivity contribution in [3.63, 3.8) is 0 Å². The molecule has 0 saturated carbocycles. The van der Waals surface area contributed by atoms with Gasteiger partial charge in [0.05, 0.1) is 16.7 Å². The van der Waals surface area contributed by atoms with E-state index in [0.717, 1.165) is 28.5 Å². The number of aryl methyl sites for hydroxylation is 1. The number of aromatic nitrogens is 1. The van der Waals surface area contributed by atoms with E-state index in [-0.39, 0.29) is 11.5 Å². The molecular formula is C24H26ClN3O4S. The number of sulfonamides is 1. The van der Waals surface area contributed by atoms with E-state index >= 15 is 0 Å². The summed E-state index contributed by atoms with van der Waals surface area (Å²) in [5.41, 5.74) is 9.43. The van der Waals surface area contributed by atoms with Crippen molar-refractivity contribution in [2.75, 3.05) is 4.72 Å². The zero-order valence-electron chi connectivity index (χ0n) is 18.4. The number of anilines is 1. The molecule has 4 rings (SSSR count). The van der Waals surface area contributed by atoms with Crippen molar-refractivity contribution in [3.05, 3.63) is 64.2 Å². The summed E-state index contributed by atoms with van der Waals surface area (Å²) in [7, 11) is -3.68. The predicted molar refractivity (Wildman–Crippen MR) is 132 cm³/mol. The maximum atomic E-state index is 12.2. The molecule has 7 nitrogen and oxygen atoms in total. The van der Waals surface area contributed by atoms with Crippen LogP contribution in [0.2, 0.25) is 5.02 Å². The smallest absolute Gasteiger partial charge is 0.254 e. The molecule has 0 saturated heterocycles. The van der Waals surface area contributed by atoms with Gasteiger partial charge in [0.1, 0.15) is 0 Å². The lowest BCUT2D eigenvalue weighted by Gasteiger charge is -2.32. The predicted octanol–water partition coefficient (Wildman–Crippen LogP) is 4.35. The first-order chi connectivity index (χ1) is 15.4. The third kappa shape index (κ3) is 4.38. The Bertz CT molecular complexity index is 1390. The van der Waals surface area contributed by atoms with Crippen molar-refractivity contribution in [2.24, 2.45) is 11.7 Å². The van der Waals surface area contributed by atoms with Crippen LogP contribution in [0.3, 0.4) is 0 Å². The highest BCUT2D eigenvalue weighted by Crippen LogP contribution is 2.44. The van der Waals surface area contributed by atoms with Crippen molar-refractivity contribution >= 4 is 44.1 Å². The first kappa shape index (κ1) is 23.4.